The highest BCUT2D eigenvalue weighted by Crippen LogP contribution is 2.17. The van der Waals surface area contributed by atoms with Crippen molar-refractivity contribution in [1.82, 2.24) is 14.9 Å². The Balaban J connectivity index is 1.67. The second kappa shape index (κ2) is 5.97. The smallest absolute Gasteiger partial charge is 0.271 e. The molecule has 21 heavy (non-hydrogen) atoms. The molecule has 0 fully saturated rings. The Kier molecular flexibility index (Phi) is 3.87. The summed E-state index contributed by atoms with van der Waals surface area (Å²) < 4.78 is 12.5. The molecule has 2 heterocycles. The van der Waals surface area contributed by atoms with Crippen molar-refractivity contribution in [3.8, 4) is 5.75 Å². The Labute approximate surface area is 122 Å². The summed E-state index contributed by atoms with van der Waals surface area (Å²) in [6, 6.07) is 7.60. The van der Waals surface area contributed by atoms with Crippen molar-refractivity contribution in [3.63, 3.8) is 0 Å². The zero-order valence-corrected chi connectivity index (χ0v) is 11.8. The van der Waals surface area contributed by atoms with Crippen molar-refractivity contribution in [1.29, 1.82) is 0 Å². The predicted molar refractivity (Wildman–Crippen MR) is 76.0 cm³/mol. The highest BCUT2D eigenvalue weighted by molar-refractivity contribution is 5.92. The number of rotatable bonds is 4. The van der Waals surface area contributed by atoms with E-state index in [-0.39, 0.29) is 5.91 Å². The van der Waals surface area contributed by atoms with E-state index < -0.39 is 0 Å². The van der Waals surface area contributed by atoms with Crippen LogP contribution in [0.15, 0.2) is 30.5 Å². The first-order chi connectivity index (χ1) is 10.3. The number of methoxy groups -OCH3 is 1. The number of amides is 1. The third-order valence-electron chi connectivity index (χ3n) is 3.43. The number of hydrogen-bond acceptors (Lipinski definition) is 4. The van der Waals surface area contributed by atoms with Gasteiger partial charge < -0.3 is 19.4 Å². The molecule has 3 rings (SSSR count). The monoisotopic (exact) mass is 287 g/mol. The fourth-order valence-electron chi connectivity index (χ4n) is 2.31. The summed E-state index contributed by atoms with van der Waals surface area (Å²) in [5.74, 6) is 1.36. The van der Waals surface area contributed by atoms with Crippen LogP contribution in [0.25, 0.3) is 0 Å². The Morgan fingerprint density at radius 1 is 1.48 bits per heavy atom. The summed E-state index contributed by atoms with van der Waals surface area (Å²) in [4.78, 5) is 16.5. The van der Waals surface area contributed by atoms with Crippen molar-refractivity contribution in [2.45, 2.75) is 19.7 Å². The zero-order valence-electron chi connectivity index (χ0n) is 11.8. The second-order valence-electron chi connectivity index (χ2n) is 4.78. The van der Waals surface area contributed by atoms with Gasteiger partial charge in [0.2, 0.25) is 0 Å². The maximum Gasteiger partial charge on any atom is 0.271 e. The molecule has 6 heteroatoms. The summed E-state index contributed by atoms with van der Waals surface area (Å²) >= 11 is 0. The lowest BCUT2D eigenvalue weighted by atomic mass is 10.2. The van der Waals surface area contributed by atoms with E-state index in [9.17, 15) is 4.79 Å². The first-order valence-electron chi connectivity index (χ1n) is 6.82. The Morgan fingerprint density at radius 3 is 3.14 bits per heavy atom. The van der Waals surface area contributed by atoms with Crippen LogP contribution < -0.4 is 10.1 Å². The van der Waals surface area contributed by atoms with Crippen LogP contribution in [-0.2, 0) is 24.4 Å². The lowest BCUT2D eigenvalue weighted by molar-refractivity contribution is 0.0816. The molecule has 1 aromatic carbocycles. The standard InChI is InChI=1S/C15H17N3O3/c1-20-13-5-3-2-4-11(13)8-16-15(19)12-9-18-6-7-21-10-14(18)17-12/h2-5,9H,6-8,10H2,1H3,(H,16,19). The van der Waals surface area contributed by atoms with Crippen molar-refractivity contribution >= 4 is 5.91 Å². The molecule has 0 saturated carbocycles. The first kappa shape index (κ1) is 13.6. The molecule has 110 valence electrons. The minimum atomic E-state index is -0.192. The van der Waals surface area contributed by atoms with Crippen LogP contribution in [0.5, 0.6) is 5.75 Å². The van der Waals surface area contributed by atoms with Crippen LogP contribution in [0.4, 0.5) is 0 Å². The SMILES string of the molecule is COc1ccccc1CNC(=O)c1cn2c(n1)COCC2. The molecule has 1 N–H and O–H groups in total. The van der Waals surface area contributed by atoms with Crippen molar-refractivity contribution in [2.24, 2.45) is 0 Å². The largest absolute Gasteiger partial charge is 0.496 e. The van der Waals surface area contributed by atoms with Gasteiger partial charge in [-0.05, 0) is 6.07 Å². The van der Waals surface area contributed by atoms with E-state index in [0.717, 1.165) is 23.7 Å². The molecule has 6 nitrogen and oxygen atoms in total. The van der Waals surface area contributed by atoms with Crippen molar-refractivity contribution in [3.05, 3.63) is 47.5 Å². The number of aromatic nitrogens is 2. The van der Waals surface area contributed by atoms with Gasteiger partial charge in [0.05, 0.1) is 13.7 Å². The summed E-state index contributed by atoms with van der Waals surface area (Å²) in [5, 5.41) is 2.86. The highest BCUT2D eigenvalue weighted by Gasteiger charge is 2.17. The first-order valence-corrected chi connectivity index (χ1v) is 6.82. The molecular weight excluding hydrogens is 270 g/mol. The molecule has 1 amide bonds. The maximum absolute atomic E-state index is 12.2. The number of carbonyl (C=O) groups is 1. The number of nitrogens with zero attached hydrogens (tertiary/aromatic N) is 2. The van der Waals surface area contributed by atoms with Gasteiger partial charge in [-0.15, -0.1) is 0 Å². The maximum atomic E-state index is 12.2. The normalized spacial score (nSPS) is 13.6. The van der Waals surface area contributed by atoms with Gasteiger partial charge in [-0.1, -0.05) is 18.2 Å². The third kappa shape index (κ3) is 2.90. The number of carbonyl (C=O) groups excluding carboxylic acids is 1. The molecule has 0 aliphatic carbocycles. The van der Waals surface area contributed by atoms with Gasteiger partial charge in [-0.2, -0.15) is 0 Å². The third-order valence-corrected chi connectivity index (χ3v) is 3.43. The molecule has 1 aliphatic heterocycles. The van der Waals surface area contributed by atoms with E-state index in [1.807, 2.05) is 28.8 Å². The summed E-state index contributed by atoms with van der Waals surface area (Å²) in [6.07, 6.45) is 1.77. The van der Waals surface area contributed by atoms with Crippen molar-refractivity contribution in [2.75, 3.05) is 13.7 Å². The molecule has 0 unspecified atom stereocenters. The molecular formula is C15H17N3O3. The predicted octanol–water partition coefficient (Wildman–Crippen LogP) is 1.35. The molecule has 0 saturated heterocycles. The van der Waals surface area contributed by atoms with Crippen LogP contribution in [0.1, 0.15) is 21.9 Å². The van der Waals surface area contributed by atoms with Crippen LogP contribution >= 0.6 is 0 Å². The van der Waals surface area contributed by atoms with Crippen LogP contribution in [-0.4, -0.2) is 29.2 Å². The topological polar surface area (TPSA) is 65.4 Å². The summed E-state index contributed by atoms with van der Waals surface area (Å²) in [6.45, 7) is 2.26. The van der Waals surface area contributed by atoms with Gasteiger partial charge in [0.15, 0.2) is 0 Å². The number of imidazole rings is 1. The van der Waals surface area contributed by atoms with E-state index in [4.69, 9.17) is 9.47 Å². The Hall–Kier alpha value is -2.34. The fraction of sp³-hybridized carbons (Fsp3) is 0.333. The number of nitrogens with one attached hydrogen (secondary N) is 1. The lowest BCUT2D eigenvalue weighted by Gasteiger charge is -2.13. The quantitative estimate of drug-likeness (QED) is 0.922. The average molecular weight is 287 g/mol. The lowest BCUT2D eigenvalue weighted by Crippen LogP contribution is -2.23. The van der Waals surface area contributed by atoms with Gasteiger partial charge >= 0.3 is 0 Å². The summed E-state index contributed by atoms with van der Waals surface area (Å²) in [7, 11) is 1.62. The zero-order chi connectivity index (χ0) is 14.7. The van der Waals surface area contributed by atoms with Gasteiger partial charge in [0.1, 0.15) is 23.9 Å². The number of fused-ring (bicyclic) bond motifs is 1. The molecule has 0 atom stereocenters. The van der Waals surface area contributed by atoms with E-state index in [1.165, 1.54) is 0 Å². The minimum absolute atomic E-state index is 0.192. The molecule has 0 spiro atoms. The summed E-state index contributed by atoms with van der Waals surface area (Å²) in [5.41, 5.74) is 1.35. The van der Waals surface area contributed by atoms with E-state index in [0.29, 0.717) is 25.5 Å². The van der Waals surface area contributed by atoms with Gasteiger partial charge in [-0.3, -0.25) is 4.79 Å². The van der Waals surface area contributed by atoms with Crippen LogP contribution in [0.2, 0.25) is 0 Å². The fourth-order valence-corrected chi connectivity index (χ4v) is 2.31. The average Bonchev–Trinajstić information content (AvgIpc) is 2.97. The highest BCUT2D eigenvalue weighted by atomic mass is 16.5. The van der Waals surface area contributed by atoms with Gasteiger partial charge in [-0.25, -0.2) is 4.98 Å². The molecule has 1 aliphatic rings. The number of para-hydroxylation sites is 1. The molecule has 2 aromatic rings. The van der Waals surface area contributed by atoms with Gasteiger partial charge in [0.25, 0.3) is 5.91 Å². The van der Waals surface area contributed by atoms with Crippen LogP contribution in [0.3, 0.4) is 0 Å². The van der Waals surface area contributed by atoms with E-state index in [2.05, 4.69) is 10.3 Å². The van der Waals surface area contributed by atoms with Crippen LogP contribution in [0, 0.1) is 0 Å². The number of ether oxygens (including phenoxy) is 2. The molecule has 0 bridgehead atoms. The number of benzene rings is 1. The Morgan fingerprint density at radius 2 is 2.33 bits per heavy atom. The second-order valence-corrected chi connectivity index (χ2v) is 4.78. The minimum Gasteiger partial charge on any atom is -0.496 e. The Bertz CT molecular complexity index is 628. The van der Waals surface area contributed by atoms with E-state index in [1.54, 1.807) is 13.3 Å². The number of hydrogen-bond donors (Lipinski definition) is 1. The van der Waals surface area contributed by atoms with Crippen molar-refractivity contribution < 1.29 is 14.3 Å². The van der Waals surface area contributed by atoms with E-state index >= 15 is 0 Å². The van der Waals surface area contributed by atoms with Gasteiger partial charge in [0, 0.05) is 24.8 Å². The molecule has 0 radical (unpaired) electrons. The molecule has 1 aromatic heterocycles.